The number of likely N-dealkylation sites (N-methyl/N-ethyl adjacent to an activating group) is 1. The molecule has 1 aliphatic heterocycles. The summed E-state index contributed by atoms with van der Waals surface area (Å²) in [6, 6.07) is 0.479. The second-order valence-electron chi connectivity index (χ2n) is 6.80. The third-order valence-corrected chi connectivity index (χ3v) is 4.82. The lowest BCUT2D eigenvalue weighted by Crippen LogP contribution is -2.51. The Morgan fingerprint density at radius 1 is 1.39 bits per heavy atom. The molecule has 1 unspecified atom stereocenters. The highest BCUT2D eigenvalue weighted by Gasteiger charge is 2.36. The Bertz CT molecular complexity index is 426. The van der Waals surface area contributed by atoms with E-state index in [0.717, 1.165) is 12.8 Å². The zero-order valence-electron chi connectivity index (χ0n) is 14.2. The van der Waals surface area contributed by atoms with E-state index in [-0.39, 0.29) is 31.4 Å². The predicted octanol–water partition coefficient (Wildman–Crippen LogP) is -0.413. The van der Waals surface area contributed by atoms with E-state index >= 15 is 0 Å². The van der Waals surface area contributed by atoms with Crippen molar-refractivity contribution in [2.24, 2.45) is 0 Å². The molecule has 7 heteroatoms. The summed E-state index contributed by atoms with van der Waals surface area (Å²) in [4.78, 5) is 27.9. The predicted molar refractivity (Wildman–Crippen MR) is 85.9 cm³/mol. The minimum atomic E-state index is -1.32. The summed E-state index contributed by atoms with van der Waals surface area (Å²) in [5.41, 5.74) is -1.32. The van der Waals surface area contributed by atoms with Gasteiger partial charge in [0.15, 0.2) is 0 Å². The Balaban J connectivity index is 1.93. The number of aliphatic hydroxyl groups is 1. The second-order valence-corrected chi connectivity index (χ2v) is 6.80. The van der Waals surface area contributed by atoms with E-state index in [1.54, 1.807) is 4.90 Å². The molecule has 1 atom stereocenters. The van der Waals surface area contributed by atoms with Gasteiger partial charge >= 0.3 is 0 Å². The topological polar surface area (TPSA) is 82.1 Å². The molecule has 2 rings (SSSR count). The molecule has 0 spiro atoms. The molecule has 0 bridgehead atoms. The number of carbonyl (C=O) groups excluding carboxylic acids is 2. The minimum absolute atomic E-state index is 0.0137. The molecule has 132 valence electrons. The van der Waals surface area contributed by atoms with Gasteiger partial charge in [-0.2, -0.15) is 0 Å². The van der Waals surface area contributed by atoms with Gasteiger partial charge in [0.25, 0.3) is 0 Å². The summed E-state index contributed by atoms with van der Waals surface area (Å²) in [6.07, 6.45) is 4.69. The van der Waals surface area contributed by atoms with E-state index in [9.17, 15) is 14.7 Å². The standard InChI is InChI=1S/C16H29N3O4/c1-17-14(20)9-16(22)11-19(7-8-23-12-16)15(21)10-18(2)13-5-3-4-6-13/h13,22H,3-12H2,1-2H3,(H,17,20). The summed E-state index contributed by atoms with van der Waals surface area (Å²) < 4.78 is 5.40. The highest BCUT2D eigenvalue weighted by Crippen LogP contribution is 2.23. The minimum Gasteiger partial charge on any atom is -0.385 e. The second kappa shape index (κ2) is 8.08. The van der Waals surface area contributed by atoms with E-state index in [0.29, 0.717) is 25.7 Å². The third-order valence-electron chi connectivity index (χ3n) is 4.82. The van der Waals surface area contributed by atoms with Crippen LogP contribution in [0.15, 0.2) is 0 Å². The fraction of sp³-hybridized carbons (Fsp3) is 0.875. The molecular formula is C16H29N3O4. The van der Waals surface area contributed by atoms with Gasteiger partial charge in [0.2, 0.25) is 11.8 Å². The maximum atomic E-state index is 12.6. The maximum absolute atomic E-state index is 12.6. The van der Waals surface area contributed by atoms with Gasteiger partial charge in [-0.3, -0.25) is 14.5 Å². The van der Waals surface area contributed by atoms with Gasteiger partial charge in [-0.1, -0.05) is 12.8 Å². The van der Waals surface area contributed by atoms with Crippen LogP contribution in [0.2, 0.25) is 0 Å². The Hall–Kier alpha value is -1.18. The summed E-state index contributed by atoms with van der Waals surface area (Å²) in [7, 11) is 3.52. The molecule has 0 aromatic rings. The fourth-order valence-electron chi connectivity index (χ4n) is 3.41. The lowest BCUT2D eigenvalue weighted by atomic mass is 9.99. The van der Waals surface area contributed by atoms with Crippen molar-refractivity contribution in [2.75, 3.05) is 46.9 Å². The summed E-state index contributed by atoms with van der Waals surface area (Å²) in [6.45, 7) is 1.39. The van der Waals surface area contributed by atoms with Crippen LogP contribution in [-0.2, 0) is 14.3 Å². The van der Waals surface area contributed by atoms with Crippen molar-refractivity contribution in [1.29, 1.82) is 0 Å². The molecule has 2 N–H and O–H groups in total. The van der Waals surface area contributed by atoms with Crippen molar-refractivity contribution in [3.63, 3.8) is 0 Å². The molecule has 23 heavy (non-hydrogen) atoms. The molecule has 0 radical (unpaired) electrons. The van der Waals surface area contributed by atoms with Crippen LogP contribution in [0.4, 0.5) is 0 Å². The highest BCUT2D eigenvalue weighted by atomic mass is 16.5. The van der Waals surface area contributed by atoms with Gasteiger partial charge < -0.3 is 20.1 Å². The normalized spacial score (nSPS) is 26.3. The van der Waals surface area contributed by atoms with Crippen LogP contribution in [0.5, 0.6) is 0 Å². The molecule has 1 saturated heterocycles. The SMILES string of the molecule is CNC(=O)CC1(O)COCCN(C(=O)CN(C)C2CCCC2)C1. The molecule has 7 nitrogen and oxygen atoms in total. The number of amides is 2. The van der Waals surface area contributed by atoms with Crippen molar-refractivity contribution < 1.29 is 19.4 Å². The number of hydrogen-bond acceptors (Lipinski definition) is 5. The van der Waals surface area contributed by atoms with Crippen LogP contribution >= 0.6 is 0 Å². The van der Waals surface area contributed by atoms with Gasteiger partial charge in [0, 0.05) is 19.6 Å². The zero-order valence-corrected chi connectivity index (χ0v) is 14.2. The largest absolute Gasteiger partial charge is 0.385 e. The van der Waals surface area contributed by atoms with Gasteiger partial charge in [-0.15, -0.1) is 0 Å². The molecule has 1 heterocycles. The van der Waals surface area contributed by atoms with Crippen molar-refractivity contribution in [3.05, 3.63) is 0 Å². The van der Waals surface area contributed by atoms with Crippen LogP contribution < -0.4 is 5.32 Å². The zero-order chi connectivity index (χ0) is 16.9. The third kappa shape index (κ3) is 5.16. The van der Waals surface area contributed by atoms with Gasteiger partial charge in [0.1, 0.15) is 5.60 Å². The number of β-amino-alcohol motifs (C(OH)–C–C–N with tert-alkyl or cyclic N) is 1. The fourth-order valence-corrected chi connectivity index (χ4v) is 3.41. The van der Waals surface area contributed by atoms with Crippen molar-refractivity contribution in [2.45, 2.75) is 43.7 Å². The Morgan fingerprint density at radius 3 is 2.74 bits per heavy atom. The first kappa shape index (κ1) is 18.2. The summed E-state index contributed by atoms with van der Waals surface area (Å²) in [5, 5.41) is 13.1. The monoisotopic (exact) mass is 327 g/mol. The van der Waals surface area contributed by atoms with Crippen LogP contribution in [-0.4, -0.2) is 85.3 Å². The van der Waals surface area contributed by atoms with Crippen molar-refractivity contribution >= 4 is 11.8 Å². The molecule has 2 aliphatic rings. The molecule has 1 aliphatic carbocycles. The van der Waals surface area contributed by atoms with E-state index in [1.807, 2.05) is 7.05 Å². The van der Waals surface area contributed by atoms with E-state index in [4.69, 9.17) is 4.74 Å². The van der Waals surface area contributed by atoms with E-state index in [1.165, 1.54) is 19.9 Å². The average molecular weight is 327 g/mol. The first-order valence-electron chi connectivity index (χ1n) is 8.42. The van der Waals surface area contributed by atoms with Crippen molar-refractivity contribution in [3.8, 4) is 0 Å². The Labute approximate surface area is 138 Å². The lowest BCUT2D eigenvalue weighted by Gasteiger charge is -2.32. The van der Waals surface area contributed by atoms with Crippen molar-refractivity contribution in [1.82, 2.24) is 15.1 Å². The van der Waals surface area contributed by atoms with Gasteiger partial charge in [0.05, 0.1) is 32.7 Å². The number of nitrogens with one attached hydrogen (secondary N) is 1. The first-order chi connectivity index (χ1) is 10.9. The maximum Gasteiger partial charge on any atom is 0.236 e. The molecule has 2 fully saturated rings. The van der Waals surface area contributed by atoms with Gasteiger partial charge in [-0.25, -0.2) is 0 Å². The number of hydrogen-bond donors (Lipinski definition) is 2. The smallest absolute Gasteiger partial charge is 0.236 e. The Morgan fingerprint density at radius 2 is 2.09 bits per heavy atom. The molecule has 1 saturated carbocycles. The first-order valence-corrected chi connectivity index (χ1v) is 8.42. The van der Waals surface area contributed by atoms with Crippen LogP contribution in [0.3, 0.4) is 0 Å². The van der Waals surface area contributed by atoms with Gasteiger partial charge in [-0.05, 0) is 19.9 Å². The highest BCUT2D eigenvalue weighted by molar-refractivity contribution is 5.79. The van der Waals surface area contributed by atoms with E-state index in [2.05, 4.69) is 10.2 Å². The molecular weight excluding hydrogens is 298 g/mol. The number of carbonyl (C=O) groups is 2. The lowest BCUT2D eigenvalue weighted by molar-refractivity contribution is -0.138. The molecule has 0 aromatic heterocycles. The Kier molecular flexibility index (Phi) is 6.38. The number of ether oxygens (including phenoxy) is 1. The molecule has 2 amide bonds. The quantitative estimate of drug-likeness (QED) is 0.717. The van der Waals surface area contributed by atoms with Crippen LogP contribution in [0.1, 0.15) is 32.1 Å². The van der Waals surface area contributed by atoms with E-state index < -0.39 is 5.60 Å². The number of rotatable bonds is 5. The van der Waals surface area contributed by atoms with Crippen LogP contribution in [0.25, 0.3) is 0 Å². The average Bonchev–Trinajstić information content (AvgIpc) is 2.97. The summed E-state index contributed by atoms with van der Waals surface area (Å²) in [5.74, 6) is -0.270. The van der Waals surface area contributed by atoms with Crippen LogP contribution in [0, 0.1) is 0 Å². The number of nitrogens with zero attached hydrogens (tertiary/aromatic N) is 2. The molecule has 0 aromatic carbocycles. The summed E-state index contributed by atoms with van der Waals surface area (Å²) >= 11 is 0.